The van der Waals surface area contributed by atoms with Gasteiger partial charge >= 0.3 is 0 Å². The normalized spacial score (nSPS) is 18.3. The Hall–Kier alpha value is -1.64. The van der Waals surface area contributed by atoms with Crippen molar-refractivity contribution < 1.29 is 17.9 Å². The number of fused-ring (bicyclic) bond motifs is 1. The highest BCUT2D eigenvalue weighted by atomic mass is 35.5. The summed E-state index contributed by atoms with van der Waals surface area (Å²) in [4.78, 5) is 2.59. The van der Waals surface area contributed by atoms with Gasteiger partial charge in [0.25, 0.3) is 0 Å². The fraction of sp³-hybridized carbons (Fsp3) is 0.455. The summed E-state index contributed by atoms with van der Waals surface area (Å²) in [7, 11) is -3.48. The Balaban J connectivity index is 1.42. The Bertz CT molecular complexity index is 1000. The first-order valence-corrected chi connectivity index (χ1v) is 12.0. The molecule has 0 N–H and O–H groups in total. The van der Waals surface area contributed by atoms with Gasteiger partial charge in [-0.05, 0) is 35.7 Å². The topological polar surface area (TPSA) is 59.1 Å². The Kier molecular flexibility index (Phi) is 6.36. The number of piperazine rings is 1. The summed E-state index contributed by atoms with van der Waals surface area (Å²) in [6.07, 6.45) is 0. The van der Waals surface area contributed by atoms with Crippen molar-refractivity contribution in [3.05, 3.63) is 58.1 Å². The monoisotopic (exact) mass is 450 g/mol. The molecule has 0 bridgehead atoms. The summed E-state index contributed by atoms with van der Waals surface area (Å²) < 4.78 is 38.7. The molecular formula is C22H27ClN2O4S. The number of benzene rings is 2. The minimum atomic E-state index is -3.48. The van der Waals surface area contributed by atoms with Crippen molar-refractivity contribution >= 4 is 21.6 Å². The molecule has 0 radical (unpaired) electrons. The molecule has 0 spiro atoms. The van der Waals surface area contributed by atoms with Crippen LogP contribution in [0.5, 0.6) is 5.75 Å². The Morgan fingerprint density at radius 3 is 2.43 bits per heavy atom. The van der Waals surface area contributed by atoms with Crippen molar-refractivity contribution in [1.29, 1.82) is 0 Å². The fourth-order valence-electron chi connectivity index (χ4n) is 3.92. The van der Waals surface area contributed by atoms with Crippen LogP contribution in [0.1, 0.15) is 36.5 Å². The van der Waals surface area contributed by atoms with Gasteiger partial charge in [0, 0.05) is 48.9 Å². The second-order valence-electron chi connectivity index (χ2n) is 8.07. The number of nitrogens with zero attached hydrogens (tertiary/aromatic N) is 2. The predicted molar refractivity (Wildman–Crippen MR) is 116 cm³/mol. The quantitative estimate of drug-likeness (QED) is 0.692. The zero-order chi connectivity index (χ0) is 21.3. The van der Waals surface area contributed by atoms with Crippen molar-refractivity contribution in [2.45, 2.75) is 37.8 Å². The Morgan fingerprint density at radius 2 is 1.77 bits per heavy atom. The van der Waals surface area contributed by atoms with Crippen molar-refractivity contribution in [2.75, 3.05) is 33.0 Å². The van der Waals surface area contributed by atoms with Crippen LogP contribution in [0.25, 0.3) is 0 Å². The summed E-state index contributed by atoms with van der Waals surface area (Å²) >= 11 is 6.26. The van der Waals surface area contributed by atoms with E-state index in [4.69, 9.17) is 21.1 Å². The highest BCUT2D eigenvalue weighted by Gasteiger charge is 2.29. The first-order valence-electron chi connectivity index (χ1n) is 10.2. The lowest BCUT2D eigenvalue weighted by molar-refractivity contribution is -0.0175. The molecule has 162 valence electrons. The number of halogens is 1. The van der Waals surface area contributed by atoms with Crippen molar-refractivity contribution in [2.24, 2.45) is 0 Å². The minimum Gasteiger partial charge on any atom is -0.467 e. The Morgan fingerprint density at radius 1 is 1.07 bits per heavy atom. The van der Waals surface area contributed by atoms with Crippen molar-refractivity contribution in [3.63, 3.8) is 0 Å². The van der Waals surface area contributed by atoms with Gasteiger partial charge in [-0.1, -0.05) is 37.6 Å². The smallest absolute Gasteiger partial charge is 0.243 e. The predicted octanol–water partition coefficient (Wildman–Crippen LogP) is 3.84. The third kappa shape index (κ3) is 4.50. The van der Waals surface area contributed by atoms with E-state index in [2.05, 4.69) is 18.7 Å². The zero-order valence-corrected chi connectivity index (χ0v) is 18.9. The summed E-state index contributed by atoms with van der Waals surface area (Å²) in [5, 5.41) is 0.656. The molecule has 0 aliphatic carbocycles. The third-order valence-corrected chi connectivity index (χ3v) is 7.79. The number of ether oxygens (including phenoxy) is 2. The van der Waals surface area contributed by atoms with Crippen LogP contribution in [0.3, 0.4) is 0 Å². The number of hydrogen-bond donors (Lipinski definition) is 0. The van der Waals surface area contributed by atoms with E-state index in [1.165, 1.54) is 0 Å². The zero-order valence-electron chi connectivity index (χ0n) is 17.3. The van der Waals surface area contributed by atoms with E-state index in [-0.39, 0.29) is 6.79 Å². The molecule has 0 unspecified atom stereocenters. The van der Waals surface area contributed by atoms with Gasteiger partial charge in [0.05, 0.1) is 11.5 Å². The van der Waals surface area contributed by atoms with E-state index in [0.29, 0.717) is 55.2 Å². The van der Waals surface area contributed by atoms with Crippen LogP contribution < -0.4 is 4.74 Å². The lowest BCUT2D eigenvalue weighted by atomic mass is 10.0. The van der Waals surface area contributed by atoms with Crippen LogP contribution in [-0.4, -0.2) is 50.6 Å². The minimum absolute atomic E-state index is 0.239. The molecule has 2 aromatic rings. The first kappa shape index (κ1) is 21.6. The number of hydrogen-bond acceptors (Lipinski definition) is 5. The van der Waals surface area contributed by atoms with Gasteiger partial charge in [0.15, 0.2) is 6.79 Å². The molecule has 0 aromatic heterocycles. The van der Waals surface area contributed by atoms with E-state index in [0.717, 1.165) is 22.4 Å². The second kappa shape index (κ2) is 8.85. The average molecular weight is 451 g/mol. The maximum absolute atomic E-state index is 13.0. The van der Waals surface area contributed by atoms with Gasteiger partial charge in [0.2, 0.25) is 10.0 Å². The molecule has 2 heterocycles. The van der Waals surface area contributed by atoms with E-state index in [9.17, 15) is 8.42 Å². The molecule has 2 aliphatic heterocycles. The van der Waals surface area contributed by atoms with Gasteiger partial charge in [0.1, 0.15) is 5.75 Å². The van der Waals surface area contributed by atoms with Crippen LogP contribution in [0.4, 0.5) is 0 Å². The lowest BCUT2D eigenvalue weighted by Gasteiger charge is -2.34. The van der Waals surface area contributed by atoms with Crippen LogP contribution >= 0.6 is 11.6 Å². The summed E-state index contributed by atoms with van der Waals surface area (Å²) in [5.74, 6) is 1.21. The standard InChI is InChI=1S/C22H27ClN2O4S/c1-16(2)17-3-5-21(6-4-17)30(26,27)25-9-7-24(8-10-25)13-18-11-20(23)12-19-14-28-15-29-22(18)19/h3-6,11-12,16H,7-10,13-15H2,1-2H3. The molecule has 30 heavy (non-hydrogen) atoms. The van der Waals surface area contributed by atoms with Gasteiger partial charge in [-0.2, -0.15) is 4.31 Å². The van der Waals surface area contributed by atoms with Gasteiger partial charge in [-0.25, -0.2) is 8.42 Å². The molecule has 0 saturated carbocycles. The molecule has 1 saturated heterocycles. The summed E-state index contributed by atoms with van der Waals surface area (Å²) in [5.41, 5.74) is 3.10. The van der Waals surface area contributed by atoms with Crippen LogP contribution in [-0.2, 0) is 27.9 Å². The molecule has 4 rings (SSSR count). The SMILES string of the molecule is CC(C)c1ccc(S(=O)(=O)N2CCN(Cc3cc(Cl)cc4c3OCOC4)CC2)cc1. The molecule has 2 aliphatic rings. The third-order valence-electron chi connectivity index (χ3n) is 5.66. The fourth-order valence-corrected chi connectivity index (χ4v) is 5.60. The molecular weight excluding hydrogens is 424 g/mol. The molecule has 8 heteroatoms. The van der Waals surface area contributed by atoms with Crippen LogP contribution in [0.15, 0.2) is 41.3 Å². The van der Waals surface area contributed by atoms with Gasteiger partial charge in [-0.3, -0.25) is 4.90 Å². The van der Waals surface area contributed by atoms with Crippen LogP contribution in [0.2, 0.25) is 5.02 Å². The second-order valence-corrected chi connectivity index (χ2v) is 10.4. The molecule has 1 fully saturated rings. The first-order chi connectivity index (χ1) is 14.3. The van der Waals surface area contributed by atoms with Crippen molar-refractivity contribution in [3.8, 4) is 5.75 Å². The average Bonchev–Trinajstić information content (AvgIpc) is 2.74. The summed E-state index contributed by atoms with van der Waals surface area (Å²) in [6, 6.07) is 11.0. The Labute approximate surface area is 183 Å². The number of sulfonamides is 1. The maximum atomic E-state index is 13.0. The van der Waals surface area contributed by atoms with E-state index in [1.54, 1.807) is 16.4 Å². The molecule has 2 aromatic carbocycles. The molecule has 0 amide bonds. The van der Waals surface area contributed by atoms with E-state index < -0.39 is 10.0 Å². The molecule has 6 nitrogen and oxygen atoms in total. The highest BCUT2D eigenvalue weighted by Crippen LogP contribution is 2.33. The van der Waals surface area contributed by atoms with E-state index >= 15 is 0 Å². The van der Waals surface area contributed by atoms with E-state index in [1.807, 2.05) is 24.3 Å². The number of rotatable bonds is 5. The van der Waals surface area contributed by atoms with Crippen LogP contribution in [0, 0.1) is 0 Å². The largest absolute Gasteiger partial charge is 0.467 e. The summed E-state index contributed by atoms with van der Waals surface area (Å²) in [6.45, 7) is 7.81. The highest BCUT2D eigenvalue weighted by molar-refractivity contribution is 7.89. The maximum Gasteiger partial charge on any atom is 0.243 e. The van der Waals surface area contributed by atoms with Gasteiger partial charge < -0.3 is 9.47 Å². The van der Waals surface area contributed by atoms with Gasteiger partial charge in [-0.15, -0.1) is 0 Å². The van der Waals surface area contributed by atoms with Crippen molar-refractivity contribution in [1.82, 2.24) is 9.21 Å². The molecule has 0 atom stereocenters. The lowest BCUT2D eigenvalue weighted by Crippen LogP contribution is -2.48.